The Bertz CT molecular complexity index is 645. The molecule has 1 aliphatic carbocycles. The lowest BCUT2D eigenvalue weighted by Gasteiger charge is -2.42. The standard InChI is InChI=1S/C17H21ClN2O4/c1-2-20(9-16(21)22)13-7-12(8-13)19-17(23)15-6-10-5-11(18)3-4-14(10)24-15/h3-5,12-13,15H,2,6-9H2,1H3,(H,19,23)(H,21,22). The molecule has 7 heteroatoms. The molecule has 130 valence electrons. The van der Waals surface area contributed by atoms with Crippen LogP contribution < -0.4 is 10.1 Å². The molecule has 0 spiro atoms. The van der Waals surface area contributed by atoms with Crippen LogP contribution in [0.3, 0.4) is 0 Å². The third kappa shape index (κ3) is 3.65. The van der Waals surface area contributed by atoms with Crippen molar-refractivity contribution in [3.63, 3.8) is 0 Å². The highest BCUT2D eigenvalue weighted by Gasteiger charge is 2.37. The fraction of sp³-hybridized carbons (Fsp3) is 0.529. The molecule has 1 fully saturated rings. The molecule has 1 saturated carbocycles. The molecular formula is C17H21ClN2O4. The maximum absolute atomic E-state index is 12.3. The maximum Gasteiger partial charge on any atom is 0.317 e. The highest BCUT2D eigenvalue weighted by Crippen LogP contribution is 2.32. The van der Waals surface area contributed by atoms with Crippen molar-refractivity contribution in [3.05, 3.63) is 28.8 Å². The second kappa shape index (κ2) is 6.99. The molecule has 1 aliphatic heterocycles. The fourth-order valence-corrected chi connectivity index (χ4v) is 3.53. The lowest BCUT2D eigenvalue weighted by Crippen LogP contribution is -2.56. The van der Waals surface area contributed by atoms with Crippen LogP contribution in [0.4, 0.5) is 0 Å². The van der Waals surface area contributed by atoms with Crippen LogP contribution in [0.25, 0.3) is 0 Å². The number of carbonyl (C=O) groups excluding carboxylic acids is 1. The lowest BCUT2D eigenvalue weighted by molar-refractivity contribution is -0.140. The van der Waals surface area contributed by atoms with Gasteiger partial charge in [-0.05, 0) is 43.1 Å². The molecular weight excluding hydrogens is 332 g/mol. The molecule has 24 heavy (non-hydrogen) atoms. The van der Waals surface area contributed by atoms with E-state index < -0.39 is 12.1 Å². The maximum atomic E-state index is 12.3. The van der Waals surface area contributed by atoms with Crippen LogP contribution in [-0.4, -0.2) is 53.2 Å². The summed E-state index contributed by atoms with van der Waals surface area (Å²) < 4.78 is 5.68. The number of amides is 1. The minimum atomic E-state index is -0.819. The van der Waals surface area contributed by atoms with Crippen molar-refractivity contribution < 1.29 is 19.4 Å². The van der Waals surface area contributed by atoms with Crippen LogP contribution in [0.5, 0.6) is 5.75 Å². The van der Waals surface area contributed by atoms with Gasteiger partial charge in [0.05, 0.1) is 6.54 Å². The number of nitrogens with one attached hydrogen (secondary N) is 1. The highest BCUT2D eigenvalue weighted by molar-refractivity contribution is 6.30. The quantitative estimate of drug-likeness (QED) is 0.814. The van der Waals surface area contributed by atoms with Gasteiger partial charge in [0.15, 0.2) is 6.10 Å². The van der Waals surface area contributed by atoms with E-state index >= 15 is 0 Å². The Labute approximate surface area is 145 Å². The molecule has 1 atom stereocenters. The molecule has 1 unspecified atom stereocenters. The summed E-state index contributed by atoms with van der Waals surface area (Å²) >= 11 is 5.96. The summed E-state index contributed by atoms with van der Waals surface area (Å²) in [4.78, 5) is 25.1. The van der Waals surface area contributed by atoms with Crippen molar-refractivity contribution in [1.29, 1.82) is 0 Å². The molecule has 2 N–H and O–H groups in total. The average molecular weight is 353 g/mol. The zero-order chi connectivity index (χ0) is 17.3. The number of carbonyl (C=O) groups is 2. The SMILES string of the molecule is CCN(CC(=O)O)C1CC(NC(=O)C2Cc3cc(Cl)ccc3O2)C1. The lowest BCUT2D eigenvalue weighted by atomic mass is 9.85. The van der Waals surface area contributed by atoms with E-state index in [0.717, 1.165) is 18.4 Å². The number of carboxylic acids is 1. The van der Waals surface area contributed by atoms with E-state index in [4.69, 9.17) is 21.4 Å². The number of likely N-dealkylation sites (N-methyl/N-ethyl adjacent to an activating group) is 1. The van der Waals surface area contributed by atoms with Crippen LogP contribution in [0.1, 0.15) is 25.3 Å². The van der Waals surface area contributed by atoms with Gasteiger partial charge >= 0.3 is 5.97 Å². The zero-order valence-corrected chi connectivity index (χ0v) is 14.3. The van der Waals surface area contributed by atoms with E-state index in [-0.39, 0.29) is 24.5 Å². The summed E-state index contributed by atoms with van der Waals surface area (Å²) in [6, 6.07) is 5.67. The third-order valence-electron chi connectivity index (χ3n) is 4.71. The molecule has 6 nitrogen and oxygen atoms in total. The Morgan fingerprint density at radius 3 is 2.83 bits per heavy atom. The Kier molecular flexibility index (Phi) is 4.96. The molecule has 3 rings (SSSR count). The molecule has 1 heterocycles. The number of hydrogen-bond donors (Lipinski definition) is 2. The van der Waals surface area contributed by atoms with Gasteiger partial charge in [-0.1, -0.05) is 18.5 Å². The topological polar surface area (TPSA) is 78.9 Å². The van der Waals surface area contributed by atoms with E-state index in [1.165, 1.54) is 0 Å². The van der Waals surface area contributed by atoms with Crippen LogP contribution in [0.2, 0.25) is 5.02 Å². The first-order valence-corrected chi connectivity index (χ1v) is 8.55. The number of ether oxygens (including phenoxy) is 1. The van der Waals surface area contributed by atoms with Gasteiger partial charge in [0.25, 0.3) is 5.91 Å². The van der Waals surface area contributed by atoms with Gasteiger partial charge in [-0.3, -0.25) is 14.5 Å². The van der Waals surface area contributed by atoms with Crippen LogP contribution in [0.15, 0.2) is 18.2 Å². The van der Waals surface area contributed by atoms with Crippen molar-refractivity contribution in [2.75, 3.05) is 13.1 Å². The molecule has 0 saturated heterocycles. The normalized spacial score (nSPS) is 24.9. The van der Waals surface area contributed by atoms with E-state index in [0.29, 0.717) is 23.7 Å². The van der Waals surface area contributed by atoms with Gasteiger partial charge < -0.3 is 15.2 Å². The van der Waals surface area contributed by atoms with Crippen molar-refractivity contribution in [2.45, 2.75) is 44.4 Å². The molecule has 1 aromatic carbocycles. The zero-order valence-electron chi connectivity index (χ0n) is 13.5. The second-order valence-electron chi connectivity index (χ2n) is 6.35. The first-order valence-electron chi connectivity index (χ1n) is 8.17. The van der Waals surface area contributed by atoms with Gasteiger partial charge in [0.2, 0.25) is 0 Å². The molecule has 0 radical (unpaired) electrons. The number of aliphatic carboxylic acids is 1. The summed E-state index contributed by atoms with van der Waals surface area (Å²) in [6.07, 6.45) is 1.56. The Morgan fingerprint density at radius 2 is 2.17 bits per heavy atom. The van der Waals surface area contributed by atoms with Gasteiger partial charge in [-0.2, -0.15) is 0 Å². The highest BCUT2D eigenvalue weighted by atomic mass is 35.5. The Balaban J connectivity index is 1.47. The Hall–Kier alpha value is -1.79. The number of nitrogens with zero attached hydrogens (tertiary/aromatic N) is 1. The van der Waals surface area contributed by atoms with E-state index in [1.54, 1.807) is 12.1 Å². The van der Waals surface area contributed by atoms with Gasteiger partial charge in [-0.15, -0.1) is 0 Å². The minimum Gasteiger partial charge on any atom is -0.480 e. The molecule has 0 bridgehead atoms. The predicted octanol–water partition coefficient (Wildman–Crippen LogP) is 1.70. The van der Waals surface area contributed by atoms with Gasteiger partial charge in [0, 0.05) is 23.5 Å². The number of rotatable bonds is 6. The number of hydrogen-bond acceptors (Lipinski definition) is 4. The van der Waals surface area contributed by atoms with Gasteiger partial charge in [0.1, 0.15) is 5.75 Å². The molecule has 1 aromatic rings. The number of fused-ring (bicyclic) bond motifs is 1. The summed E-state index contributed by atoms with van der Waals surface area (Å²) in [6.45, 7) is 2.69. The van der Waals surface area contributed by atoms with E-state index in [1.807, 2.05) is 17.9 Å². The van der Waals surface area contributed by atoms with Crippen molar-refractivity contribution in [1.82, 2.24) is 10.2 Å². The van der Waals surface area contributed by atoms with E-state index in [9.17, 15) is 9.59 Å². The fourth-order valence-electron chi connectivity index (χ4n) is 3.33. The van der Waals surface area contributed by atoms with Gasteiger partial charge in [-0.25, -0.2) is 0 Å². The monoisotopic (exact) mass is 352 g/mol. The largest absolute Gasteiger partial charge is 0.480 e. The minimum absolute atomic E-state index is 0.0453. The summed E-state index contributed by atoms with van der Waals surface area (Å²) in [7, 11) is 0. The van der Waals surface area contributed by atoms with Crippen LogP contribution in [-0.2, 0) is 16.0 Å². The Morgan fingerprint density at radius 1 is 1.42 bits per heavy atom. The average Bonchev–Trinajstić information content (AvgIpc) is 2.91. The molecule has 1 amide bonds. The van der Waals surface area contributed by atoms with Crippen molar-refractivity contribution in [3.8, 4) is 5.75 Å². The first kappa shape index (κ1) is 17.0. The second-order valence-corrected chi connectivity index (χ2v) is 6.79. The number of benzene rings is 1. The summed E-state index contributed by atoms with van der Waals surface area (Å²) in [5.74, 6) is -0.225. The molecule has 2 aliphatic rings. The van der Waals surface area contributed by atoms with Crippen LogP contribution in [0, 0.1) is 0 Å². The smallest absolute Gasteiger partial charge is 0.317 e. The summed E-state index contributed by atoms with van der Waals surface area (Å²) in [5, 5.41) is 12.5. The van der Waals surface area contributed by atoms with E-state index in [2.05, 4.69) is 5.32 Å². The van der Waals surface area contributed by atoms with Crippen molar-refractivity contribution >= 4 is 23.5 Å². The summed E-state index contributed by atoms with van der Waals surface area (Å²) in [5.41, 5.74) is 0.952. The third-order valence-corrected chi connectivity index (χ3v) is 4.95. The van der Waals surface area contributed by atoms with Crippen molar-refractivity contribution in [2.24, 2.45) is 0 Å². The predicted molar refractivity (Wildman–Crippen MR) is 89.4 cm³/mol. The molecule has 0 aromatic heterocycles. The first-order chi connectivity index (χ1) is 11.5. The van der Waals surface area contributed by atoms with Crippen LogP contribution >= 0.6 is 11.6 Å². The number of halogens is 1. The number of carboxylic acid groups (broad SMARTS) is 1.